The van der Waals surface area contributed by atoms with E-state index in [1.807, 2.05) is 31.0 Å². The maximum absolute atomic E-state index is 12.4. The topological polar surface area (TPSA) is 95.5 Å². The van der Waals surface area contributed by atoms with Gasteiger partial charge in [-0.3, -0.25) is 4.79 Å². The second kappa shape index (κ2) is 9.08. The fourth-order valence-corrected chi connectivity index (χ4v) is 6.23. The number of benzene rings is 1. The minimum atomic E-state index is -2.92. The van der Waals surface area contributed by atoms with Gasteiger partial charge in [0, 0.05) is 37.5 Å². The molecule has 0 spiro atoms. The van der Waals surface area contributed by atoms with Gasteiger partial charge in [-0.25, -0.2) is 18.4 Å². The number of carbonyl (C=O) groups excluding carboxylic acids is 1. The number of nitrogens with zero attached hydrogens (tertiary/aromatic N) is 4. The van der Waals surface area contributed by atoms with Gasteiger partial charge in [0.2, 0.25) is 5.91 Å². The lowest BCUT2D eigenvalue weighted by atomic mass is 10.1. The number of carbonyl (C=O) groups is 1. The van der Waals surface area contributed by atoms with E-state index < -0.39 is 9.84 Å². The van der Waals surface area contributed by atoms with Gasteiger partial charge in [0.15, 0.2) is 15.7 Å². The Labute approximate surface area is 184 Å². The minimum Gasteiger partial charge on any atom is -0.356 e. The third-order valence-corrected chi connectivity index (χ3v) is 8.08. The molecule has 3 heterocycles. The highest BCUT2D eigenvalue weighted by Crippen LogP contribution is 2.28. The van der Waals surface area contributed by atoms with Gasteiger partial charge in [-0.1, -0.05) is 12.1 Å². The molecule has 0 bridgehead atoms. The molecular formula is C22H31N5O3S. The van der Waals surface area contributed by atoms with Crippen LogP contribution in [0.5, 0.6) is 0 Å². The van der Waals surface area contributed by atoms with Crippen molar-refractivity contribution in [3.63, 3.8) is 0 Å². The molecule has 2 aliphatic heterocycles. The van der Waals surface area contributed by atoms with Crippen LogP contribution in [0.2, 0.25) is 0 Å². The van der Waals surface area contributed by atoms with Crippen LogP contribution in [0.4, 0.5) is 5.82 Å². The van der Waals surface area contributed by atoms with Crippen LogP contribution in [0.3, 0.4) is 0 Å². The molecule has 8 nitrogen and oxygen atoms in total. The van der Waals surface area contributed by atoms with Gasteiger partial charge in [0.05, 0.1) is 23.6 Å². The van der Waals surface area contributed by atoms with Crippen LogP contribution in [0.1, 0.15) is 37.1 Å². The van der Waals surface area contributed by atoms with Gasteiger partial charge in [0.25, 0.3) is 0 Å². The number of rotatable bonds is 7. The molecule has 1 atom stereocenters. The highest BCUT2D eigenvalue weighted by Gasteiger charge is 2.30. The summed E-state index contributed by atoms with van der Waals surface area (Å²) in [6, 6.07) is 6.16. The van der Waals surface area contributed by atoms with Crippen LogP contribution in [-0.2, 0) is 21.2 Å². The molecule has 1 N–H and O–H groups in total. The summed E-state index contributed by atoms with van der Waals surface area (Å²) in [6.07, 6.45) is 3.29. The third kappa shape index (κ3) is 5.15. The molecule has 2 fully saturated rings. The highest BCUT2D eigenvalue weighted by atomic mass is 32.2. The zero-order chi connectivity index (χ0) is 22.0. The first-order valence-electron chi connectivity index (χ1n) is 11.0. The number of para-hydroxylation sites is 1. The van der Waals surface area contributed by atoms with Crippen LogP contribution in [0, 0.1) is 6.92 Å². The fourth-order valence-electron chi connectivity index (χ4n) is 4.42. The standard InChI is InChI=1S/C22H31N5O3S/c1-16-6-5-7-18-21(16)24-19(25-22(18)27-10-3-4-11-27)14-23-20(28)8-12-26(2)17-9-13-31(29,30)15-17/h5-7,17H,3-4,8-15H2,1-2H3,(H,23,28)/t17-/m1/s1. The van der Waals surface area contributed by atoms with Crippen molar-refractivity contribution in [2.45, 2.75) is 45.2 Å². The first kappa shape index (κ1) is 22.0. The highest BCUT2D eigenvalue weighted by molar-refractivity contribution is 7.91. The molecular weight excluding hydrogens is 414 g/mol. The largest absolute Gasteiger partial charge is 0.356 e. The minimum absolute atomic E-state index is 0.00705. The SMILES string of the molecule is Cc1cccc2c(N3CCCC3)nc(CNC(=O)CCN(C)[C@@H]3CCS(=O)(=O)C3)nc12. The van der Waals surface area contributed by atoms with Crippen molar-refractivity contribution in [2.75, 3.05) is 43.1 Å². The molecule has 1 aromatic heterocycles. The Balaban J connectivity index is 1.39. The van der Waals surface area contributed by atoms with Crippen molar-refractivity contribution < 1.29 is 13.2 Å². The van der Waals surface area contributed by atoms with E-state index in [9.17, 15) is 13.2 Å². The van der Waals surface area contributed by atoms with E-state index in [2.05, 4.69) is 16.3 Å². The Morgan fingerprint density at radius 3 is 2.74 bits per heavy atom. The van der Waals surface area contributed by atoms with Crippen molar-refractivity contribution in [3.05, 3.63) is 29.6 Å². The number of amides is 1. The fraction of sp³-hybridized carbons (Fsp3) is 0.591. The molecule has 1 amide bonds. The molecule has 2 aliphatic rings. The summed E-state index contributed by atoms with van der Waals surface area (Å²) in [7, 11) is -1.04. The number of nitrogens with one attached hydrogen (secondary N) is 1. The summed E-state index contributed by atoms with van der Waals surface area (Å²) >= 11 is 0. The number of sulfone groups is 1. The summed E-state index contributed by atoms with van der Waals surface area (Å²) < 4.78 is 23.3. The maximum Gasteiger partial charge on any atom is 0.221 e. The number of fused-ring (bicyclic) bond motifs is 1. The van der Waals surface area contributed by atoms with Crippen LogP contribution in [0.15, 0.2) is 18.2 Å². The monoisotopic (exact) mass is 445 g/mol. The Morgan fingerprint density at radius 1 is 1.26 bits per heavy atom. The predicted octanol–water partition coefficient (Wildman–Crippen LogP) is 1.66. The van der Waals surface area contributed by atoms with Gasteiger partial charge in [-0.2, -0.15) is 0 Å². The third-order valence-electron chi connectivity index (χ3n) is 6.33. The molecule has 2 aromatic rings. The Kier molecular flexibility index (Phi) is 6.43. The molecule has 31 heavy (non-hydrogen) atoms. The Morgan fingerprint density at radius 2 is 2.03 bits per heavy atom. The number of hydrogen-bond acceptors (Lipinski definition) is 7. The van der Waals surface area contributed by atoms with Crippen LogP contribution in [-0.4, -0.2) is 73.4 Å². The van der Waals surface area contributed by atoms with E-state index in [0.717, 1.165) is 35.4 Å². The van der Waals surface area contributed by atoms with E-state index in [1.165, 1.54) is 12.8 Å². The molecule has 168 valence electrons. The Hall–Kier alpha value is -2.26. The molecule has 0 saturated carbocycles. The van der Waals surface area contributed by atoms with Crippen molar-refractivity contribution in [1.82, 2.24) is 20.2 Å². The van der Waals surface area contributed by atoms with E-state index in [4.69, 9.17) is 9.97 Å². The molecule has 4 rings (SSSR count). The molecule has 0 radical (unpaired) electrons. The zero-order valence-electron chi connectivity index (χ0n) is 18.3. The summed E-state index contributed by atoms with van der Waals surface area (Å²) in [6.45, 7) is 4.85. The lowest BCUT2D eigenvalue weighted by Gasteiger charge is -2.22. The summed E-state index contributed by atoms with van der Waals surface area (Å²) in [5.74, 6) is 1.93. The van der Waals surface area contributed by atoms with E-state index >= 15 is 0 Å². The van der Waals surface area contributed by atoms with Crippen LogP contribution in [0.25, 0.3) is 10.9 Å². The zero-order valence-corrected chi connectivity index (χ0v) is 19.1. The first-order chi connectivity index (χ1) is 14.8. The summed E-state index contributed by atoms with van der Waals surface area (Å²) in [4.78, 5) is 26.2. The van der Waals surface area contributed by atoms with Gasteiger partial charge in [-0.15, -0.1) is 0 Å². The number of aryl methyl sites for hydroxylation is 1. The van der Waals surface area contributed by atoms with Gasteiger partial charge >= 0.3 is 0 Å². The smallest absolute Gasteiger partial charge is 0.221 e. The number of anilines is 1. The van der Waals surface area contributed by atoms with Crippen molar-refractivity contribution in [3.8, 4) is 0 Å². The quantitative estimate of drug-likeness (QED) is 0.692. The Bertz CT molecular complexity index is 1070. The second-order valence-electron chi connectivity index (χ2n) is 8.69. The van der Waals surface area contributed by atoms with E-state index in [1.54, 1.807) is 0 Å². The molecule has 9 heteroatoms. The van der Waals surface area contributed by atoms with Crippen molar-refractivity contribution in [1.29, 1.82) is 0 Å². The van der Waals surface area contributed by atoms with Crippen LogP contribution >= 0.6 is 0 Å². The van der Waals surface area contributed by atoms with Crippen LogP contribution < -0.4 is 10.2 Å². The average Bonchev–Trinajstić information content (AvgIpc) is 3.40. The van der Waals surface area contributed by atoms with Gasteiger partial charge in [-0.05, 0) is 44.9 Å². The second-order valence-corrected chi connectivity index (χ2v) is 10.9. The molecule has 1 aromatic carbocycles. The van der Waals surface area contributed by atoms with Gasteiger partial charge in [0.1, 0.15) is 5.82 Å². The molecule has 2 saturated heterocycles. The molecule has 0 aliphatic carbocycles. The van der Waals surface area contributed by atoms with E-state index in [0.29, 0.717) is 25.2 Å². The summed E-state index contributed by atoms with van der Waals surface area (Å²) in [5.41, 5.74) is 2.03. The molecule has 0 unspecified atom stereocenters. The van der Waals surface area contributed by atoms with Crippen molar-refractivity contribution in [2.24, 2.45) is 0 Å². The predicted molar refractivity (Wildman–Crippen MR) is 122 cm³/mol. The van der Waals surface area contributed by atoms with Crippen molar-refractivity contribution >= 4 is 32.5 Å². The normalized spacial score (nSPS) is 20.6. The van der Waals surface area contributed by atoms with E-state index in [-0.39, 0.29) is 30.0 Å². The average molecular weight is 446 g/mol. The lowest BCUT2D eigenvalue weighted by molar-refractivity contribution is -0.121. The number of aromatic nitrogens is 2. The maximum atomic E-state index is 12.4. The first-order valence-corrected chi connectivity index (χ1v) is 12.8. The number of hydrogen-bond donors (Lipinski definition) is 1. The van der Waals surface area contributed by atoms with Gasteiger partial charge < -0.3 is 15.1 Å². The summed E-state index contributed by atoms with van der Waals surface area (Å²) in [5, 5.41) is 4.00. The lowest BCUT2D eigenvalue weighted by Crippen LogP contribution is -2.36.